The first-order valence-corrected chi connectivity index (χ1v) is 13.1. The molecule has 11 heteroatoms. The van der Waals surface area contributed by atoms with Crippen molar-refractivity contribution >= 4 is 18.0 Å². The summed E-state index contributed by atoms with van der Waals surface area (Å²) in [6.45, 7) is 1.91. The number of rotatable bonds is 7. The summed E-state index contributed by atoms with van der Waals surface area (Å²) in [4.78, 5) is 35.1. The topological polar surface area (TPSA) is 75.2 Å². The minimum atomic E-state index is -4.49. The second-order valence-electron chi connectivity index (χ2n) is 10.7. The molecule has 0 bridgehead atoms. The van der Waals surface area contributed by atoms with Gasteiger partial charge in [-0.25, -0.2) is 0 Å². The molecule has 0 radical (unpaired) electrons. The van der Waals surface area contributed by atoms with Crippen LogP contribution in [0.4, 0.5) is 18.9 Å². The van der Waals surface area contributed by atoms with Crippen molar-refractivity contribution in [1.29, 1.82) is 0 Å². The number of carbonyl (C=O) groups excluding carboxylic acids is 2. The number of hydrogen-bond acceptors (Lipinski definition) is 6. The number of nitrogens with zero attached hydrogens (tertiary/aromatic N) is 4. The summed E-state index contributed by atoms with van der Waals surface area (Å²) < 4.78 is 50.9. The number of aromatic nitrogens is 1. The van der Waals surface area contributed by atoms with Crippen molar-refractivity contribution in [2.24, 2.45) is 5.41 Å². The van der Waals surface area contributed by atoms with E-state index in [0.717, 1.165) is 48.3 Å². The number of likely N-dealkylation sites (tertiary alicyclic amines) is 1. The molecule has 39 heavy (non-hydrogen) atoms. The van der Waals surface area contributed by atoms with Gasteiger partial charge in [0.25, 0.3) is 0 Å². The number of pyridine rings is 1. The molecule has 210 valence electrons. The number of amides is 2. The van der Waals surface area contributed by atoms with Crippen LogP contribution in [0.15, 0.2) is 24.4 Å². The summed E-state index contributed by atoms with van der Waals surface area (Å²) in [6.07, 6.45) is -0.214. The number of halogens is 3. The lowest BCUT2D eigenvalue weighted by Crippen LogP contribution is -2.49. The molecule has 1 saturated heterocycles. The molecule has 1 aromatic carbocycles. The van der Waals surface area contributed by atoms with E-state index in [4.69, 9.17) is 9.47 Å². The lowest BCUT2D eigenvalue weighted by molar-refractivity contribution is -0.145. The fourth-order valence-electron chi connectivity index (χ4n) is 6.52. The van der Waals surface area contributed by atoms with E-state index < -0.39 is 17.2 Å². The zero-order valence-electron chi connectivity index (χ0n) is 22.4. The van der Waals surface area contributed by atoms with E-state index in [2.05, 4.69) is 9.88 Å². The predicted molar refractivity (Wildman–Crippen MR) is 137 cm³/mol. The minimum Gasteiger partial charge on any atom is -0.495 e. The first-order valence-electron chi connectivity index (χ1n) is 13.1. The van der Waals surface area contributed by atoms with Crippen LogP contribution >= 0.6 is 0 Å². The smallest absolute Gasteiger partial charge is 0.417 e. The summed E-state index contributed by atoms with van der Waals surface area (Å²) in [5.74, 6) is 0.548. The van der Waals surface area contributed by atoms with Gasteiger partial charge in [-0.3, -0.25) is 19.5 Å². The average Bonchev–Trinajstić information content (AvgIpc) is 3.55. The van der Waals surface area contributed by atoms with Crippen LogP contribution in [0.3, 0.4) is 0 Å². The Morgan fingerprint density at radius 3 is 2.74 bits per heavy atom. The van der Waals surface area contributed by atoms with E-state index in [9.17, 15) is 22.8 Å². The normalized spacial score (nSPS) is 22.9. The predicted octanol–water partition coefficient (Wildman–Crippen LogP) is 3.61. The lowest BCUT2D eigenvalue weighted by Gasteiger charge is -2.37. The maximum Gasteiger partial charge on any atom is 0.417 e. The molecule has 0 spiro atoms. The van der Waals surface area contributed by atoms with Crippen LogP contribution in [-0.4, -0.2) is 74.6 Å². The molecule has 0 saturated carbocycles. The number of fused-ring (bicyclic) bond motifs is 2. The maximum atomic E-state index is 14.0. The summed E-state index contributed by atoms with van der Waals surface area (Å²) in [5.41, 5.74) is 2.42. The van der Waals surface area contributed by atoms with Crippen molar-refractivity contribution in [1.82, 2.24) is 14.8 Å². The summed E-state index contributed by atoms with van der Waals surface area (Å²) in [5, 5.41) is 0. The standard InChI is InChI=1S/C28H33F3N4O4/c1-33(17-36)25-21-4-6-23(20(21)5-7-24(25)39-3)35-11-9-27(15-35,16-38-2)26(37)34-10-8-22-18(14-34)12-19(13-32-22)28(29,30)31/h5,7,12-13,17,23H,4,6,8-11,14-16H2,1-3H3. The molecule has 2 aliphatic heterocycles. The largest absolute Gasteiger partial charge is 0.495 e. The number of benzene rings is 1. The van der Waals surface area contributed by atoms with Gasteiger partial charge in [-0.2, -0.15) is 13.2 Å². The van der Waals surface area contributed by atoms with Crippen LogP contribution in [0.2, 0.25) is 0 Å². The van der Waals surface area contributed by atoms with Crippen LogP contribution in [0.1, 0.15) is 46.8 Å². The third-order valence-corrected chi connectivity index (χ3v) is 8.39. The molecule has 2 amide bonds. The molecule has 3 aliphatic rings. The highest BCUT2D eigenvalue weighted by molar-refractivity contribution is 5.84. The number of carbonyl (C=O) groups is 2. The molecule has 2 unspecified atom stereocenters. The second kappa shape index (κ2) is 10.4. The number of alkyl halides is 3. The summed E-state index contributed by atoms with van der Waals surface area (Å²) in [7, 11) is 4.86. The van der Waals surface area contributed by atoms with Crippen LogP contribution in [-0.2, 0) is 39.9 Å². The third-order valence-electron chi connectivity index (χ3n) is 8.39. The molecule has 1 aromatic heterocycles. The Balaban J connectivity index is 1.38. The van der Waals surface area contributed by atoms with E-state index >= 15 is 0 Å². The fraction of sp³-hybridized carbons (Fsp3) is 0.536. The van der Waals surface area contributed by atoms with Gasteiger partial charge in [0.05, 0.1) is 30.4 Å². The molecule has 1 fully saturated rings. The highest BCUT2D eigenvalue weighted by atomic mass is 19.4. The van der Waals surface area contributed by atoms with Gasteiger partial charge in [0, 0.05) is 58.1 Å². The SMILES string of the molecule is COCC1(C(=O)N2CCc3ncc(C(F)(F)F)cc3C2)CCN(C2CCc3c2ccc(OC)c3N(C)C=O)C1. The Labute approximate surface area is 225 Å². The van der Waals surface area contributed by atoms with Crippen molar-refractivity contribution in [3.05, 3.63) is 52.3 Å². The number of ether oxygens (including phenoxy) is 2. The maximum absolute atomic E-state index is 14.0. The Morgan fingerprint density at radius 2 is 2.05 bits per heavy atom. The van der Waals surface area contributed by atoms with E-state index in [1.165, 1.54) is 4.90 Å². The molecule has 1 aliphatic carbocycles. The summed E-state index contributed by atoms with van der Waals surface area (Å²) in [6, 6.07) is 5.11. The van der Waals surface area contributed by atoms with Crippen LogP contribution < -0.4 is 9.64 Å². The molecule has 3 heterocycles. The van der Waals surface area contributed by atoms with Gasteiger partial charge in [0.15, 0.2) is 0 Å². The Kier molecular flexibility index (Phi) is 7.32. The van der Waals surface area contributed by atoms with Crippen molar-refractivity contribution in [3.8, 4) is 5.75 Å². The van der Waals surface area contributed by atoms with E-state index in [1.54, 1.807) is 26.2 Å². The van der Waals surface area contributed by atoms with E-state index in [1.807, 2.05) is 12.1 Å². The first-order chi connectivity index (χ1) is 18.6. The molecule has 2 aromatic rings. The quantitative estimate of drug-likeness (QED) is 0.494. The first kappa shape index (κ1) is 27.4. The Hall–Kier alpha value is -3.18. The van der Waals surface area contributed by atoms with Crippen LogP contribution in [0, 0.1) is 5.41 Å². The van der Waals surface area contributed by atoms with Gasteiger partial charge >= 0.3 is 6.18 Å². The second-order valence-corrected chi connectivity index (χ2v) is 10.7. The highest BCUT2D eigenvalue weighted by Gasteiger charge is 2.49. The van der Waals surface area contributed by atoms with Crippen molar-refractivity contribution in [3.63, 3.8) is 0 Å². The Morgan fingerprint density at radius 1 is 1.26 bits per heavy atom. The highest BCUT2D eigenvalue weighted by Crippen LogP contribution is 2.47. The van der Waals surface area contributed by atoms with Crippen molar-refractivity contribution in [2.75, 3.05) is 52.4 Å². The van der Waals surface area contributed by atoms with Crippen molar-refractivity contribution < 1.29 is 32.2 Å². The average molecular weight is 547 g/mol. The Bertz CT molecular complexity index is 1270. The number of methoxy groups -OCH3 is 2. The zero-order chi connectivity index (χ0) is 27.9. The number of anilines is 1. The van der Waals surface area contributed by atoms with Gasteiger partial charge in [-0.1, -0.05) is 6.07 Å². The van der Waals surface area contributed by atoms with Crippen LogP contribution in [0.5, 0.6) is 5.75 Å². The molecular weight excluding hydrogens is 513 g/mol. The summed E-state index contributed by atoms with van der Waals surface area (Å²) >= 11 is 0. The lowest BCUT2D eigenvalue weighted by atomic mass is 9.85. The van der Waals surface area contributed by atoms with Gasteiger partial charge in [-0.05, 0) is 54.6 Å². The van der Waals surface area contributed by atoms with Crippen molar-refractivity contribution in [2.45, 2.75) is 44.4 Å². The molecule has 5 rings (SSSR count). The number of hydrogen-bond donors (Lipinski definition) is 0. The van der Waals surface area contributed by atoms with Gasteiger partial charge < -0.3 is 19.3 Å². The van der Waals surface area contributed by atoms with E-state index in [0.29, 0.717) is 49.5 Å². The molecular formula is C28H33F3N4O4. The van der Waals surface area contributed by atoms with Gasteiger partial charge in [0.2, 0.25) is 12.3 Å². The fourth-order valence-corrected chi connectivity index (χ4v) is 6.52. The third kappa shape index (κ3) is 4.86. The zero-order valence-corrected chi connectivity index (χ0v) is 22.4. The van der Waals surface area contributed by atoms with Gasteiger partial charge in [-0.15, -0.1) is 0 Å². The van der Waals surface area contributed by atoms with E-state index in [-0.39, 0.29) is 25.1 Å². The van der Waals surface area contributed by atoms with Crippen LogP contribution in [0.25, 0.3) is 0 Å². The van der Waals surface area contributed by atoms with Gasteiger partial charge in [0.1, 0.15) is 5.75 Å². The molecule has 8 nitrogen and oxygen atoms in total. The molecule has 0 N–H and O–H groups in total. The minimum absolute atomic E-state index is 0.0804. The monoisotopic (exact) mass is 546 g/mol. The molecule has 2 atom stereocenters.